The maximum atomic E-state index is 11.8. The van der Waals surface area contributed by atoms with E-state index in [0.717, 1.165) is 23.1 Å². The average Bonchev–Trinajstić information content (AvgIpc) is 2.67. The minimum atomic E-state index is -0.324. The van der Waals surface area contributed by atoms with Crippen molar-refractivity contribution in [3.05, 3.63) is 41.0 Å². The standard InChI is InChI=1S/C15H17NO2/c1-4-10-6-5-7-11(9(2)3)14(10)12-8-13(17)16-15(12)18/h5-9H,4H2,1-3H3,(H,16,17,18). The molecule has 0 atom stereocenters. The number of imide groups is 1. The van der Waals surface area contributed by atoms with Crippen molar-refractivity contribution >= 4 is 17.4 Å². The molecule has 2 rings (SSSR count). The van der Waals surface area contributed by atoms with E-state index < -0.39 is 0 Å². The van der Waals surface area contributed by atoms with Crippen LogP contribution in [-0.4, -0.2) is 11.8 Å². The van der Waals surface area contributed by atoms with Crippen LogP contribution < -0.4 is 5.32 Å². The lowest BCUT2D eigenvalue weighted by molar-refractivity contribution is -0.123. The summed E-state index contributed by atoms with van der Waals surface area (Å²) in [7, 11) is 0. The minimum Gasteiger partial charge on any atom is -0.289 e. The quantitative estimate of drug-likeness (QED) is 0.829. The van der Waals surface area contributed by atoms with Gasteiger partial charge in [0.05, 0.1) is 5.57 Å². The predicted octanol–water partition coefficient (Wildman–Crippen LogP) is 2.41. The number of carbonyl (C=O) groups is 2. The summed E-state index contributed by atoms with van der Waals surface area (Å²) in [6.07, 6.45) is 2.25. The van der Waals surface area contributed by atoms with Gasteiger partial charge in [-0.1, -0.05) is 39.0 Å². The van der Waals surface area contributed by atoms with Gasteiger partial charge < -0.3 is 0 Å². The fourth-order valence-electron chi connectivity index (χ4n) is 2.32. The Morgan fingerprint density at radius 3 is 2.44 bits per heavy atom. The van der Waals surface area contributed by atoms with Crippen molar-refractivity contribution in [3.63, 3.8) is 0 Å². The zero-order valence-corrected chi connectivity index (χ0v) is 10.9. The average molecular weight is 243 g/mol. The van der Waals surface area contributed by atoms with Crippen molar-refractivity contribution in [2.45, 2.75) is 33.1 Å². The first kappa shape index (κ1) is 12.6. The Kier molecular flexibility index (Phi) is 3.32. The van der Waals surface area contributed by atoms with Gasteiger partial charge in [0.2, 0.25) is 0 Å². The molecule has 1 aliphatic heterocycles. The molecule has 94 valence electrons. The van der Waals surface area contributed by atoms with Crippen LogP contribution in [0.2, 0.25) is 0 Å². The van der Waals surface area contributed by atoms with Gasteiger partial charge in [-0.05, 0) is 29.0 Å². The first-order valence-corrected chi connectivity index (χ1v) is 6.23. The SMILES string of the molecule is CCc1cccc(C(C)C)c1C1=CC(=O)NC1=O. The van der Waals surface area contributed by atoms with Crippen LogP contribution in [0.3, 0.4) is 0 Å². The molecule has 3 nitrogen and oxygen atoms in total. The third-order valence-electron chi connectivity index (χ3n) is 3.21. The van der Waals surface area contributed by atoms with Gasteiger partial charge in [-0.15, -0.1) is 0 Å². The van der Waals surface area contributed by atoms with Gasteiger partial charge in [-0.2, -0.15) is 0 Å². The summed E-state index contributed by atoms with van der Waals surface area (Å²) in [5.41, 5.74) is 3.65. The molecule has 2 amide bonds. The van der Waals surface area contributed by atoms with Crippen LogP contribution in [0.4, 0.5) is 0 Å². The number of benzene rings is 1. The number of aryl methyl sites for hydroxylation is 1. The van der Waals surface area contributed by atoms with E-state index in [1.165, 1.54) is 6.08 Å². The van der Waals surface area contributed by atoms with Gasteiger partial charge in [0.25, 0.3) is 11.8 Å². The van der Waals surface area contributed by atoms with Crippen LogP contribution in [0.15, 0.2) is 24.3 Å². The molecule has 0 radical (unpaired) electrons. The fraction of sp³-hybridized carbons (Fsp3) is 0.333. The molecule has 0 saturated carbocycles. The normalized spacial score (nSPS) is 15.0. The molecule has 0 aromatic heterocycles. The maximum absolute atomic E-state index is 11.8. The van der Waals surface area contributed by atoms with E-state index in [-0.39, 0.29) is 11.8 Å². The zero-order chi connectivity index (χ0) is 13.3. The Morgan fingerprint density at radius 1 is 1.22 bits per heavy atom. The van der Waals surface area contributed by atoms with Crippen molar-refractivity contribution in [1.82, 2.24) is 5.32 Å². The minimum absolute atomic E-state index is 0.289. The molecule has 3 heteroatoms. The number of hydrogen-bond donors (Lipinski definition) is 1. The third kappa shape index (κ3) is 2.08. The summed E-state index contributed by atoms with van der Waals surface area (Å²) in [6.45, 7) is 6.24. The summed E-state index contributed by atoms with van der Waals surface area (Å²) in [5, 5.41) is 2.31. The smallest absolute Gasteiger partial charge is 0.258 e. The number of hydrogen-bond acceptors (Lipinski definition) is 2. The fourth-order valence-corrected chi connectivity index (χ4v) is 2.32. The maximum Gasteiger partial charge on any atom is 0.258 e. The second-order valence-electron chi connectivity index (χ2n) is 4.77. The van der Waals surface area contributed by atoms with E-state index in [1.807, 2.05) is 18.2 Å². The van der Waals surface area contributed by atoms with Crippen LogP contribution in [0.1, 0.15) is 43.4 Å². The molecule has 0 aliphatic carbocycles. The molecule has 0 fully saturated rings. The predicted molar refractivity (Wildman–Crippen MR) is 71.0 cm³/mol. The van der Waals surface area contributed by atoms with E-state index in [1.54, 1.807) is 0 Å². The molecule has 0 unspecified atom stereocenters. The highest BCUT2D eigenvalue weighted by Crippen LogP contribution is 2.31. The van der Waals surface area contributed by atoms with Crippen LogP contribution in [0.5, 0.6) is 0 Å². The number of amides is 2. The Hall–Kier alpha value is -1.90. The van der Waals surface area contributed by atoms with E-state index in [4.69, 9.17) is 0 Å². The van der Waals surface area contributed by atoms with Crippen molar-refractivity contribution < 1.29 is 9.59 Å². The second kappa shape index (κ2) is 4.77. The van der Waals surface area contributed by atoms with Gasteiger partial charge >= 0.3 is 0 Å². The third-order valence-corrected chi connectivity index (χ3v) is 3.21. The van der Waals surface area contributed by atoms with Crippen LogP contribution in [-0.2, 0) is 16.0 Å². The van der Waals surface area contributed by atoms with Gasteiger partial charge in [0.1, 0.15) is 0 Å². The Balaban J connectivity index is 2.65. The molecular weight excluding hydrogens is 226 g/mol. The monoisotopic (exact) mass is 243 g/mol. The zero-order valence-electron chi connectivity index (χ0n) is 10.9. The topological polar surface area (TPSA) is 46.2 Å². The van der Waals surface area contributed by atoms with Gasteiger partial charge in [0, 0.05) is 6.08 Å². The summed E-state index contributed by atoms with van der Waals surface area (Å²) in [4.78, 5) is 23.1. The van der Waals surface area contributed by atoms with E-state index in [9.17, 15) is 9.59 Å². The largest absolute Gasteiger partial charge is 0.289 e. The molecule has 0 bridgehead atoms. The molecule has 1 heterocycles. The Labute approximate surface area is 107 Å². The summed E-state index contributed by atoms with van der Waals surface area (Å²) in [5.74, 6) is -0.297. The molecule has 0 saturated heterocycles. The van der Waals surface area contributed by atoms with Gasteiger partial charge in [0.15, 0.2) is 0 Å². The van der Waals surface area contributed by atoms with Crippen molar-refractivity contribution in [2.24, 2.45) is 0 Å². The molecule has 1 aromatic rings. The van der Waals surface area contributed by atoms with Gasteiger partial charge in [-0.25, -0.2) is 0 Å². The lowest BCUT2D eigenvalue weighted by Crippen LogP contribution is -2.22. The van der Waals surface area contributed by atoms with Gasteiger partial charge in [-0.3, -0.25) is 14.9 Å². The molecular formula is C15H17NO2. The number of rotatable bonds is 3. The Morgan fingerprint density at radius 2 is 1.94 bits per heavy atom. The van der Waals surface area contributed by atoms with E-state index >= 15 is 0 Å². The van der Waals surface area contributed by atoms with Crippen LogP contribution in [0, 0.1) is 0 Å². The molecule has 1 N–H and O–H groups in total. The molecule has 0 spiro atoms. The van der Waals surface area contributed by atoms with E-state index in [0.29, 0.717) is 11.5 Å². The van der Waals surface area contributed by atoms with Crippen molar-refractivity contribution in [1.29, 1.82) is 0 Å². The highest BCUT2D eigenvalue weighted by Gasteiger charge is 2.26. The summed E-state index contributed by atoms with van der Waals surface area (Å²) in [6, 6.07) is 6.04. The lowest BCUT2D eigenvalue weighted by atomic mass is 9.88. The first-order chi connectivity index (χ1) is 8.54. The number of carbonyl (C=O) groups excluding carboxylic acids is 2. The highest BCUT2D eigenvalue weighted by atomic mass is 16.2. The summed E-state index contributed by atoms with van der Waals surface area (Å²) >= 11 is 0. The Bertz CT molecular complexity index is 541. The first-order valence-electron chi connectivity index (χ1n) is 6.23. The lowest BCUT2D eigenvalue weighted by Gasteiger charge is -2.16. The van der Waals surface area contributed by atoms with Crippen LogP contribution in [0.25, 0.3) is 5.57 Å². The molecule has 1 aliphatic rings. The number of nitrogens with one attached hydrogen (secondary N) is 1. The second-order valence-corrected chi connectivity index (χ2v) is 4.77. The molecule has 18 heavy (non-hydrogen) atoms. The van der Waals surface area contributed by atoms with Crippen LogP contribution >= 0.6 is 0 Å². The highest BCUT2D eigenvalue weighted by molar-refractivity contribution is 6.34. The van der Waals surface area contributed by atoms with E-state index in [2.05, 4.69) is 26.1 Å². The summed E-state index contributed by atoms with van der Waals surface area (Å²) < 4.78 is 0. The molecule has 1 aromatic carbocycles. The van der Waals surface area contributed by atoms with Crippen molar-refractivity contribution in [3.8, 4) is 0 Å². The van der Waals surface area contributed by atoms with Crippen molar-refractivity contribution in [2.75, 3.05) is 0 Å².